The van der Waals surface area contributed by atoms with Gasteiger partial charge in [-0.15, -0.1) is 0 Å². The van der Waals surface area contributed by atoms with Crippen LogP contribution in [0.3, 0.4) is 0 Å². The molecule has 0 saturated heterocycles. The van der Waals surface area contributed by atoms with Crippen LogP contribution in [0.2, 0.25) is 0 Å². The number of rotatable bonds is 2. The number of carbonyl (C=O) groups excluding carboxylic acids is 1. The molecule has 0 radical (unpaired) electrons. The van der Waals surface area contributed by atoms with Gasteiger partial charge in [0.2, 0.25) is 0 Å². The molecule has 1 aliphatic rings. The number of aldehydes is 1. The SMILES string of the molecule is CC(C=O)=CC1CCCC(C)C1. The minimum absolute atomic E-state index is 0.666. The summed E-state index contributed by atoms with van der Waals surface area (Å²) in [4.78, 5) is 10.4. The predicted octanol–water partition coefficient (Wildman–Crippen LogP) is 2.96. The summed E-state index contributed by atoms with van der Waals surface area (Å²) in [5.74, 6) is 1.51. The van der Waals surface area contributed by atoms with E-state index in [9.17, 15) is 4.79 Å². The van der Waals surface area contributed by atoms with Crippen LogP contribution in [0.25, 0.3) is 0 Å². The Morgan fingerprint density at radius 3 is 2.75 bits per heavy atom. The van der Waals surface area contributed by atoms with Crippen LogP contribution >= 0.6 is 0 Å². The van der Waals surface area contributed by atoms with Crippen LogP contribution in [0.15, 0.2) is 11.6 Å². The number of hydrogen-bond acceptors (Lipinski definition) is 1. The number of allylic oxidation sites excluding steroid dienone is 2. The lowest BCUT2D eigenvalue weighted by molar-refractivity contribution is -0.104. The summed E-state index contributed by atoms with van der Waals surface area (Å²) in [6.07, 6.45) is 8.33. The Balaban J connectivity index is 2.46. The molecule has 0 aromatic carbocycles. The molecule has 1 heteroatoms. The molecule has 1 rings (SSSR count). The third-order valence-electron chi connectivity index (χ3n) is 2.66. The molecular formula is C11H18O. The summed E-state index contributed by atoms with van der Waals surface area (Å²) in [5, 5.41) is 0. The molecule has 1 aliphatic carbocycles. The highest BCUT2D eigenvalue weighted by Crippen LogP contribution is 2.29. The van der Waals surface area contributed by atoms with E-state index >= 15 is 0 Å². The quantitative estimate of drug-likeness (QED) is 0.455. The first-order chi connectivity index (χ1) is 5.72. The molecule has 0 amide bonds. The Morgan fingerprint density at radius 1 is 1.42 bits per heavy atom. The van der Waals surface area contributed by atoms with E-state index in [1.807, 2.05) is 6.92 Å². The molecule has 0 bridgehead atoms. The molecule has 1 fully saturated rings. The minimum Gasteiger partial charge on any atom is -0.298 e. The topological polar surface area (TPSA) is 17.1 Å². The first-order valence-electron chi connectivity index (χ1n) is 4.86. The van der Waals surface area contributed by atoms with Gasteiger partial charge in [0.15, 0.2) is 0 Å². The summed E-state index contributed by atoms with van der Waals surface area (Å²) in [5.41, 5.74) is 0.897. The molecule has 12 heavy (non-hydrogen) atoms. The van der Waals surface area contributed by atoms with Gasteiger partial charge in [-0.3, -0.25) is 4.79 Å². The van der Waals surface area contributed by atoms with Crippen LogP contribution in [0.4, 0.5) is 0 Å². The van der Waals surface area contributed by atoms with Gasteiger partial charge in [0.05, 0.1) is 0 Å². The molecular weight excluding hydrogens is 148 g/mol. The Bertz CT molecular complexity index is 181. The van der Waals surface area contributed by atoms with Crippen molar-refractivity contribution >= 4 is 6.29 Å². The van der Waals surface area contributed by atoms with E-state index in [1.165, 1.54) is 25.7 Å². The molecule has 0 spiro atoms. The van der Waals surface area contributed by atoms with Gasteiger partial charge in [0.1, 0.15) is 6.29 Å². The van der Waals surface area contributed by atoms with Crippen LogP contribution < -0.4 is 0 Å². The van der Waals surface area contributed by atoms with Crippen LogP contribution in [0, 0.1) is 11.8 Å². The highest BCUT2D eigenvalue weighted by molar-refractivity contribution is 5.72. The maximum absolute atomic E-state index is 10.4. The zero-order valence-electron chi connectivity index (χ0n) is 8.05. The molecule has 1 saturated carbocycles. The lowest BCUT2D eigenvalue weighted by Gasteiger charge is -2.24. The van der Waals surface area contributed by atoms with E-state index in [-0.39, 0.29) is 0 Å². The second-order valence-electron chi connectivity index (χ2n) is 4.06. The van der Waals surface area contributed by atoms with Gasteiger partial charge in [0.25, 0.3) is 0 Å². The van der Waals surface area contributed by atoms with Crippen LogP contribution in [-0.4, -0.2) is 6.29 Å². The summed E-state index contributed by atoms with van der Waals surface area (Å²) >= 11 is 0. The molecule has 0 aliphatic heterocycles. The van der Waals surface area contributed by atoms with E-state index in [0.29, 0.717) is 5.92 Å². The smallest absolute Gasteiger partial charge is 0.145 e. The van der Waals surface area contributed by atoms with Crippen LogP contribution in [0.1, 0.15) is 39.5 Å². The molecule has 0 aromatic heterocycles. The first kappa shape index (κ1) is 9.50. The Labute approximate surface area is 74.9 Å². The van der Waals surface area contributed by atoms with Crippen molar-refractivity contribution < 1.29 is 4.79 Å². The monoisotopic (exact) mass is 166 g/mol. The Kier molecular flexibility index (Phi) is 3.51. The van der Waals surface area contributed by atoms with Gasteiger partial charge < -0.3 is 0 Å². The second kappa shape index (κ2) is 4.44. The summed E-state index contributed by atoms with van der Waals surface area (Å²) in [6, 6.07) is 0. The largest absolute Gasteiger partial charge is 0.298 e. The molecule has 2 unspecified atom stereocenters. The van der Waals surface area contributed by atoms with E-state index in [2.05, 4.69) is 13.0 Å². The lowest BCUT2D eigenvalue weighted by Crippen LogP contribution is -2.11. The van der Waals surface area contributed by atoms with Gasteiger partial charge in [-0.2, -0.15) is 0 Å². The zero-order valence-corrected chi connectivity index (χ0v) is 8.05. The Morgan fingerprint density at radius 2 is 2.17 bits per heavy atom. The standard InChI is InChI=1S/C11H18O/c1-9-4-3-5-11(6-9)7-10(2)8-12/h7-9,11H,3-6H2,1-2H3. The zero-order chi connectivity index (χ0) is 8.97. The van der Waals surface area contributed by atoms with Gasteiger partial charge >= 0.3 is 0 Å². The van der Waals surface area contributed by atoms with E-state index < -0.39 is 0 Å². The van der Waals surface area contributed by atoms with Gasteiger partial charge in [-0.05, 0) is 37.2 Å². The van der Waals surface area contributed by atoms with Crippen molar-refractivity contribution in [3.63, 3.8) is 0 Å². The normalized spacial score (nSPS) is 31.7. The van der Waals surface area contributed by atoms with Crippen molar-refractivity contribution in [2.45, 2.75) is 39.5 Å². The van der Waals surface area contributed by atoms with E-state index in [0.717, 1.165) is 17.8 Å². The van der Waals surface area contributed by atoms with E-state index in [1.54, 1.807) is 0 Å². The third-order valence-corrected chi connectivity index (χ3v) is 2.66. The van der Waals surface area contributed by atoms with E-state index in [4.69, 9.17) is 0 Å². The average molecular weight is 166 g/mol. The van der Waals surface area contributed by atoms with Crippen LogP contribution in [-0.2, 0) is 4.79 Å². The summed E-state index contributed by atoms with van der Waals surface area (Å²) < 4.78 is 0. The van der Waals surface area contributed by atoms with Gasteiger partial charge in [0, 0.05) is 0 Å². The summed E-state index contributed by atoms with van der Waals surface area (Å²) in [6.45, 7) is 4.20. The van der Waals surface area contributed by atoms with Gasteiger partial charge in [-0.1, -0.05) is 25.8 Å². The lowest BCUT2D eigenvalue weighted by atomic mass is 9.82. The second-order valence-corrected chi connectivity index (χ2v) is 4.06. The molecule has 0 heterocycles. The van der Waals surface area contributed by atoms with Crippen molar-refractivity contribution in [1.82, 2.24) is 0 Å². The molecule has 1 nitrogen and oxygen atoms in total. The maximum atomic E-state index is 10.4. The highest BCUT2D eigenvalue weighted by atomic mass is 16.1. The van der Waals surface area contributed by atoms with Crippen molar-refractivity contribution in [1.29, 1.82) is 0 Å². The predicted molar refractivity (Wildman–Crippen MR) is 50.9 cm³/mol. The Hall–Kier alpha value is -0.590. The summed E-state index contributed by atoms with van der Waals surface area (Å²) in [7, 11) is 0. The van der Waals surface area contributed by atoms with Crippen molar-refractivity contribution in [2.75, 3.05) is 0 Å². The molecule has 68 valence electrons. The van der Waals surface area contributed by atoms with Crippen molar-refractivity contribution in [2.24, 2.45) is 11.8 Å². The molecule has 2 atom stereocenters. The van der Waals surface area contributed by atoms with Gasteiger partial charge in [-0.25, -0.2) is 0 Å². The first-order valence-corrected chi connectivity index (χ1v) is 4.86. The average Bonchev–Trinajstić information content (AvgIpc) is 2.04. The molecule has 0 aromatic rings. The number of hydrogen-bond donors (Lipinski definition) is 0. The number of carbonyl (C=O) groups is 1. The highest BCUT2D eigenvalue weighted by Gasteiger charge is 2.16. The fourth-order valence-electron chi connectivity index (χ4n) is 2.04. The van der Waals surface area contributed by atoms with Crippen molar-refractivity contribution in [3.05, 3.63) is 11.6 Å². The fraction of sp³-hybridized carbons (Fsp3) is 0.727. The minimum atomic E-state index is 0.666. The maximum Gasteiger partial charge on any atom is 0.145 e. The van der Waals surface area contributed by atoms with Crippen LogP contribution in [0.5, 0.6) is 0 Å². The fourth-order valence-corrected chi connectivity index (χ4v) is 2.04. The van der Waals surface area contributed by atoms with Crippen molar-refractivity contribution in [3.8, 4) is 0 Å². The third kappa shape index (κ3) is 2.80. The molecule has 0 N–H and O–H groups in total.